The van der Waals surface area contributed by atoms with Gasteiger partial charge >= 0.3 is 0 Å². The maximum atomic E-state index is 11.6. The summed E-state index contributed by atoms with van der Waals surface area (Å²) in [6.45, 7) is 4.22. The molecule has 0 saturated heterocycles. The van der Waals surface area contributed by atoms with Gasteiger partial charge in [-0.2, -0.15) is 0 Å². The molecule has 0 aliphatic rings. The van der Waals surface area contributed by atoms with E-state index in [-0.39, 0.29) is 17.5 Å². The number of sulfone groups is 1. The summed E-state index contributed by atoms with van der Waals surface area (Å²) in [5.41, 5.74) is 0.956. The van der Waals surface area contributed by atoms with Gasteiger partial charge in [0.05, 0.1) is 12.4 Å². The fraction of sp³-hybridized carbons (Fsp3) is 0.538. The summed E-state index contributed by atoms with van der Waals surface area (Å²) in [5, 5.41) is 3.04. The predicted octanol–water partition coefficient (Wildman–Crippen LogP) is 1.78. The van der Waals surface area contributed by atoms with E-state index in [1.165, 1.54) is 0 Å². The van der Waals surface area contributed by atoms with Gasteiger partial charge in [-0.1, -0.05) is 19.1 Å². The number of nitrogens with one attached hydrogen (secondary N) is 1. The second kappa shape index (κ2) is 6.75. The van der Waals surface area contributed by atoms with Crippen LogP contribution in [0.5, 0.6) is 5.75 Å². The minimum Gasteiger partial charge on any atom is -0.494 e. The van der Waals surface area contributed by atoms with Gasteiger partial charge in [0.15, 0.2) is 9.84 Å². The zero-order chi connectivity index (χ0) is 13.6. The van der Waals surface area contributed by atoms with Crippen LogP contribution in [0.4, 0.5) is 0 Å². The lowest BCUT2D eigenvalue weighted by Gasteiger charge is -2.16. The molecule has 0 saturated carbocycles. The van der Waals surface area contributed by atoms with Gasteiger partial charge in [0.25, 0.3) is 0 Å². The van der Waals surface area contributed by atoms with Crippen LogP contribution in [-0.4, -0.2) is 33.6 Å². The molecule has 0 fully saturated rings. The highest BCUT2D eigenvalue weighted by Gasteiger charge is 2.17. The van der Waals surface area contributed by atoms with Gasteiger partial charge in [-0.05, 0) is 31.7 Å². The molecule has 0 bridgehead atoms. The van der Waals surface area contributed by atoms with E-state index in [1.807, 2.05) is 31.2 Å². The normalized spacial score (nSPS) is 13.3. The Bertz CT molecular complexity index is 454. The SMILES string of the molecule is CCOc1ccc(C(CS(=O)(=O)CC)NC)cc1. The molecule has 1 rings (SSSR count). The van der Waals surface area contributed by atoms with E-state index in [9.17, 15) is 8.42 Å². The highest BCUT2D eigenvalue weighted by molar-refractivity contribution is 7.91. The van der Waals surface area contributed by atoms with E-state index in [1.54, 1.807) is 14.0 Å². The van der Waals surface area contributed by atoms with E-state index in [4.69, 9.17) is 4.74 Å². The van der Waals surface area contributed by atoms with Crippen LogP contribution in [-0.2, 0) is 9.84 Å². The van der Waals surface area contributed by atoms with Gasteiger partial charge in [0, 0.05) is 11.8 Å². The fourth-order valence-corrected chi connectivity index (χ4v) is 2.78. The van der Waals surface area contributed by atoms with Crippen molar-refractivity contribution in [2.45, 2.75) is 19.9 Å². The Kier molecular flexibility index (Phi) is 5.62. The lowest BCUT2D eigenvalue weighted by Crippen LogP contribution is -2.26. The summed E-state index contributed by atoms with van der Waals surface area (Å²) < 4.78 is 28.7. The molecule has 1 N–H and O–H groups in total. The molecular formula is C13H21NO3S. The zero-order valence-corrected chi connectivity index (χ0v) is 12.0. The van der Waals surface area contributed by atoms with Crippen molar-refractivity contribution in [3.8, 4) is 5.75 Å². The molecule has 5 heteroatoms. The number of rotatable bonds is 7. The number of ether oxygens (including phenoxy) is 1. The molecule has 0 heterocycles. The summed E-state index contributed by atoms with van der Waals surface area (Å²) in [7, 11) is -1.22. The third-order valence-electron chi connectivity index (χ3n) is 2.80. The number of benzene rings is 1. The summed E-state index contributed by atoms with van der Waals surface area (Å²) in [5.74, 6) is 1.09. The molecule has 0 radical (unpaired) electrons. The molecule has 0 aromatic heterocycles. The van der Waals surface area contributed by atoms with Crippen LogP contribution in [0.15, 0.2) is 24.3 Å². The summed E-state index contributed by atoms with van der Waals surface area (Å²) >= 11 is 0. The first-order valence-corrected chi connectivity index (χ1v) is 7.95. The minimum absolute atomic E-state index is 0.119. The van der Waals surface area contributed by atoms with Crippen molar-refractivity contribution < 1.29 is 13.2 Å². The van der Waals surface area contributed by atoms with E-state index >= 15 is 0 Å². The molecule has 1 unspecified atom stereocenters. The molecule has 0 aliphatic heterocycles. The lowest BCUT2D eigenvalue weighted by molar-refractivity contribution is 0.340. The van der Waals surface area contributed by atoms with Crippen molar-refractivity contribution in [2.24, 2.45) is 0 Å². The fourth-order valence-electron chi connectivity index (χ4n) is 1.68. The molecule has 4 nitrogen and oxygen atoms in total. The van der Waals surface area contributed by atoms with Gasteiger partial charge in [0.2, 0.25) is 0 Å². The third-order valence-corrected chi connectivity index (χ3v) is 4.52. The predicted molar refractivity (Wildman–Crippen MR) is 73.7 cm³/mol. The first kappa shape index (κ1) is 15.0. The van der Waals surface area contributed by atoms with Gasteiger partial charge in [-0.3, -0.25) is 0 Å². The lowest BCUT2D eigenvalue weighted by atomic mass is 10.1. The van der Waals surface area contributed by atoms with Gasteiger partial charge in [0.1, 0.15) is 5.75 Å². The second-order valence-corrected chi connectivity index (χ2v) is 6.44. The van der Waals surface area contributed by atoms with Crippen molar-refractivity contribution >= 4 is 9.84 Å². The highest BCUT2D eigenvalue weighted by atomic mass is 32.2. The standard InChI is InChI=1S/C13H21NO3S/c1-4-17-12-8-6-11(7-9-12)13(14-3)10-18(15,16)5-2/h6-9,13-14H,4-5,10H2,1-3H3. The van der Waals surface area contributed by atoms with Crippen molar-refractivity contribution in [1.82, 2.24) is 5.32 Å². The first-order valence-electron chi connectivity index (χ1n) is 6.12. The topological polar surface area (TPSA) is 55.4 Å². The minimum atomic E-state index is -2.99. The van der Waals surface area contributed by atoms with Crippen LogP contribution in [0.25, 0.3) is 0 Å². The van der Waals surface area contributed by atoms with Crippen molar-refractivity contribution in [3.63, 3.8) is 0 Å². The summed E-state index contributed by atoms with van der Waals surface area (Å²) in [4.78, 5) is 0. The molecule has 0 spiro atoms. The summed E-state index contributed by atoms with van der Waals surface area (Å²) in [6, 6.07) is 7.35. The van der Waals surface area contributed by atoms with Crippen LogP contribution in [0.3, 0.4) is 0 Å². The van der Waals surface area contributed by atoms with Gasteiger partial charge in [-0.25, -0.2) is 8.42 Å². The van der Waals surface area contributed by atoms with Crippen LogP contribution in [0.2, 0.25) is 0 Å². The third kappa shape index (κ3) is 4.31. The largest absolute Gasteiger partial charge is 0.494 e. The Morgan fingerprint density at radius 1 is 1.22 bits per heavy atom. The van der Waals surface area contributed by atoms with E-state index in [0.29, 0.717) is 6.61 Å². The van der Waals surface area contributed by atoms with Crippen LogP contribution in [0.1, 0.15) is 25.5 Å². The number of hydrogen-bond donors (Lipinski definition) is 1. The quantitative estimate of drug-likeness (QED) is 0.821. The Hall–Kier alpha value is -1.07. The average Bonchev–Trinajstić information content (AvgIpc) is 2.37. The Morgan fingerprint density at radius 2 is 1.83 bits per heavy atom. The Morgan fingerprint density at radius 3 is 2.28 bits per heavy atom. The van der Waals surface area contributed by atoms with E-state index in [2.05, 4.69) is 5.32 Å². The molecule has 1 atom stereocenters. The summed E-state index contributed by atoms with van der Waals surface area (Å²) in [6.07, 6.45) is 0. The maximum Gasteiger partial charge on any atom is 0.151 e. The second-order valence-electron chi connectivity index (χ2n) is 4.04. The van der Waals surface area contributed by atoms with Gasteiger partial charge in [-0.15, -0.1) is 0 Å². The van der Waals surface area contributed by atoms with Crippen molar-refractivity contribution in [1.29, 1.82) is 0 Å². The molecule has 0 aliphatic carbocycles. The van der Waals surface area contributed by atoms with Crippen LogP contribution in [0, 0.1) is 0 Å². The van der Waals surface area contributed by atoms with Crippen LogP contribution < -0.4 is 10.1 Å². The van der Waals surface area contributed by atoms with Gasteiger partial charge < -0.3 is 10.1 Å². The number of hydrogen-bond acceptors (Lipinski definition) is 4. The Labute approximate surface area is 109 Å². The van der Waals surface area contributed by atoms with Crippen molar-refractivity contribution in [2.75, 3.05) is 25.2 Å². The van der Waals surface area contributed by atoms with E-state index in [0.717, 1.165) is 11.3 Å². The van der Waals surface area contributed by atoms with Crippen molar-refractivity contribution in [3.05, 3.63) is 29.8 Å². The smallest absolute Gasteiger partial charge is 0.151 e. The average molecular weight is 271 g/mol. The molecule has 0 amide bonds. The molecule has 1 aromatic rings. The molecule has 102 valence electrons. The molecule has 18 heavy (non-hydrogen) atoms. The molecular weight excluding hydrogens is 250 g/mol. The first-order chi connectivity index (χ1) is 8.52. The van der Waals surface area contributed by atoms with Crippen LogP contribution >= 0.6 is 0 Å². The maximum absolute atomic E-state index is 11.6. The zero-order valence-electron chi connectivity index (χ0n) is 11.1. The molecule has 1 aromatic carbocycles. The Balaban J connectivity index is 2.82. The van der Waals surface area contributed by atoms with E-state index < -0.39 is 9.84 Å². The highest BCUT2D eigenvalue weighted by Crippen LogP contribution is 2.19. The monoisotopic (exact) mass is 271 g/mol.